The Morgan fingerprint density at radius 1 is 1.36 bits per heavy atom. The summed E-state index contributed by atoms with van der Waals surface area (Å²) in [5.74, 6) is 0. The van der Waals surface area contributed by atoms with Gasteiger partial charge in [-0.05, 0) is 13.8 Å². The monoisotopic (exact) mass is 150 g/mol. The van der Waals surface area contributed by atoms with Gasteiger partial charge in [-0.2, -0.15) is 0 Å². The van der Waals surface area contributed by atoms with Gasteiger partial charge < -0.3 is 0 Å². The lowest BCUT2D eigenvalue weighted by Crippen LogP contribution is -2.13. The molecule has 0 aromatic rings. The van der Waals surface area contributed by atoms with Crippen molar-refractivity contribution in [3.8, 4) is 0 Å². The lowest BCUT2D eigenvalue weighted by Gasteiger charge is -2.21. The first-order chi connectivity index (χ1) is 5.00. The van der Waals surface area contributed by atoms with Crippen molar-refractivity contribution >= 4 is 6.29 Å². The van der Waals surface area contributed by atoms with Gasteiger partial charge in [0, 0.05) is 11.0 Å². The second-order valence-electron chi connectivity index (χ2n) is 3.65. The summed E-state index contributed by atoms with van der Waals surface area (Å²) in [6.07, 6.45) is 2.93. The molecule has 1 rings (SSSR count). The van der Waals surface area contributed by atoms with E-state index in [1.165, 1.54) is 11.1 Å². The normalized spacial score (nSPS) is 22.0. The smallest absolute Gasteiger partial charge is 0.146 e. The quantitative estimate of drug-likeness (QED) is 0.525. The molecule has 0 aromatic carbocycles. The van der Waals surface area contributed by atoms with Gasteiger partial charge in [0.05, 0.1) is 0 Å². The van der Waals surface area contributed by atoms with Crippen LogP contribution in [0.2, 0.25) is 0 Å². The van der Waals surface area contributed by atoms with Crippen molar-refractivity contribution in [3.63, 3.8) is 0 Å². The van der Waals surface area contributed by atoms with E-state index in [9.17, 15) is 4.79 Å². The number of carbonyl (C=O) groups is 1. The SMILES string of the molecule is CC1=C(C)C(C)(C)C(C=O)=C1. The molecule has 0 atom stereocenters. The van der Waals surface area contributed by atoms with Crippen molar-refractivity contribution in [2.75, 3.05) is 0 Å². The van der Waals surface area contributed by atoms with Gasteiger partial charge >= 0.3 is 0 Å². The summed E-state index contributed by atoms with van der Waals surface area (Å²) in [6.45, 7) is 8.30. The highest BCUT2D eigenvalue weighted by atomic mass is 16.1. The average Bonchev–Trinajstić information content (AvgIpc) is 2.13. The average molecular weight is 150 g/mol. The summed E-state index contributed by atoms with van der Waals surface area (Å²) in [4.78, 5) is 10.6. The van der Waals surface area contributed by atoms with Crippen LogP contribution in [0.25, 0.3) is 0 Å². The van der Waals surface area contributed by atoms with E-state index in [1.54, 1.807) is 0 Å². The number of hydrogen-bond donors (Lipinski definition) is 0. The molecule has 0 N–H and O–H groups in total. The first kappa shape index (κ1) is 8.25. The van der Waals surface area contributed by atoms with Crippen LogP contribution in [0.5, 0.6) is 0 Å². The molecule has 0 heterocycles. The second kappa shape index (κ2) is 2.33. The van der Waals surface area contributed by atoms with Crippen molar-refractivity contribution in [2.24, 2.45) is 5.41 Å². The molecule has 1 aliphatic rings. The predicted molar refractivity (Wildman–Crippen MR) is 46.3 cm³/mol. The van der Waals surface area contributed by atoms with E-state index in [2.05, 4.69) is 20.8 Å². The lowest BCUT2D eigenvalue weighted by molar-refractivity contribution is -0.105. The topological polar surface area (TPSA) is 17.1 Å². The van der Waals surface area contributed by atoms with Crippen molar-refractivity contribution in [1.29, 1.82) is 0 Å². The van der Waals surface area contributed by atoms with Gasteiger partial charge in [0.15, 0.2) is 0 Å². The Morgan fingerprint density at radius 3 is 2.09 bits per heavy atom. The summed E-state index contributed by atoms with van der Waals surface area (Å²) in [5.41, 5.74) is 3.40. The Hall–Kier alpha value is -0.850. The molecule has 11 heavy (non-hydrogen) atoms. The minimum Gasteiger partial charge on any atom is -0.298 e. The van der Waals surface area contributed by atoms with E-state index in [0.29, 0.717) is 0 Å². The fourth-order valence-electron chi connectivity index (χ4n) is 1.41. The fourth-order valence-corrected chi connectivity index (χ4v) is 1.41. The largest absolute Gasteiger partial charge is 0.298 e. The van der Waals surface area contributed by atoms with Gasteiger partial charge in [0.1, 0.15) is 6.29 Å². The van der Waals surface area contributed by atoms with Gasteiger partial charge in [-0.15, -0.1) is 0 Å². The zero-order valence-corrected chi connectivity index (χ0v) is 7.56. The van der Waals surface area contributed by atoms with Crippen LogP contribution >= 0.6 is 0 Å². The Morgan fingerprint density at radius 2 is 1.91 bits per heavy atom. The number of rotatable bonds is 1. The third kappa shape index (κ3) is 1.05. The van der Waals surface area contributed by atoms with E-state index in [0.717, 1.165) is 11.9 Å². The van der Waals surface area contributed by atoms with Crippen LogP contribution in [0, 0.1) is 5.41 Å². The van der Waals surface area contributed by atoms with Gasteiger partial charge in [-0.25, -0.2) is 0 Å². The molecule has 1 heteroatoms. The highest BCUT2D eigenvalue weighted by molar-refractivity contribution is 5.79. The fraction of sp³-hybridized carbons (Fsp3) is 0.500. The third-order valence-electron chi connectivity index (χ3n) is 2.75. The van der Waals surface area contributed by atoms with Crippen molar-refractivity contribution < 1.29 is 4.79 Å². The molecule has 0 spiro atoms. The van der Waals surface area contributed by atoms with E-state index in [4.69, 9.17) is 0 Å². The molecule has 0 aromatic heterocycles. The molecule has 1 nitrogen and oxygen atoms in total. The number of aldehydes is 1. The van der Waals surface area contributed by atoms with Crippen LogP contribution in [-0.2, 0) is 4.79 Å². The summed E-state index contributed by atoms with van der Waals surface area (Å²) in [6, 6.07) is 0. The molecule has 60 valence electrons. The van der Waals surface area contributed by atoms with Crippen LogP contribution < -0.4 is 0 Å². The molecule has 0 aliphatic heterocycles. The van der Waals surface area contributed by atoms with Crippen LogP contribution in [0.15, 0.2) is 22.8 Å². The third-order valence-corrected chi connectivity index (χ3v) is 2.75. The zero-order valence-electron chi connectivity index (χ0n) is 7.56. The molecule has 0 unspecified atom stereocenters. The minimum atomic E-state index is -0.0359. The Balaban J connectivity index is 3.14. The van der Waals surface area contributed by atoms with Crippen LogP contribution in [0.3, 0.4) is 0 Å². The number of hydrogen-bond acceptors (Lipinski definition) is 1. The Bertz CT molecular complexity index is 254. The highest BCUT2D eigenvalue weighted by Gasteiger charge is 2.30. The number of allylic oxidation sites excluding steroid dienone is 4. The molecule has 0 bridgehead atoms. The van der Waals surface area contributed by atoms with Crippen molar-refractivity contribution in [3.05, 3.63) is 22.8 Å². The van der Waals surface area contributed by atoms with Crippen molar-refractivity contribution in [2.45, 2.75) is 27.7 Å². The maximum Gasteiger partial charge on any atom is 0.146 e. The van der Waals surface area contributed by atoms with Crippen molar-refractivity contribution in [1.82, 2.24) is 0 Å². The van der Waals surface area contributed by atoms with E-state index < -0.39 is 0 Å². The van der Waals surface area contributed by atoms with Crippen LogP contribution in [0.4, 0.5) is 0 Å². The van der Waals surface area contributed by atoms with Gasteiger partial charge in [0.25, 0.3) is 0 Å². The van der Waals surface area contributed by atoms with E-state index in [-0.39, 0.29) is 5.41 Å². The lowest BCUT2D eigenvalue weighted by atomic mass is 9.82. The van der Waals surface area contributed by atoms with Gasteiger partial charge in [-0.1, -0.05) is 31.1 Å². The Kier molecular flexibility index (Phi) is 1.75. The molecule has 0 amide bonds. The molecule has 1 aliphatic carbocycles. The maximum absolute atomic E-state index is 10.6. The number of carbonyl (C=O) groups excluding carboxylic acids is 1. The first-order valence-corrected chi connectivity index (χ1v) is 3.85. The van der Waals surface area contributed by atoms with Crippen LogP contribution in [-0.4, -0.2) is 6.29 Å². The standard InChI is InChI=1S/C10H14O/c1-7-5-9(6-11)10(3,4)8(7)2/h5-6H,1-4H3. The van der Waals surface area contributed by atoms with Gasteiger partial charge in [0.2, 0.25) is 0 Å². The first-order valence-electron chi connectivity index (χ1n) is 3.85. The second-order valence-corrected chi connectivity index (χ2v) is 3.65. The molecule has 0 fully saturated rings. The van der Waals surface area contributed by atoms with Gasteiger partial charge in [-0.3, -0.25) is 4.79 Å². The summed E-state index contributed by atoms with van der Waals surface area (Å²) in [7, 11) is 0. The minimum absolute atomic E-state index is 0.0359. The molecule has 0 saturated heterocycles. The Labute approximate surface area is 67.8 Å². The van der Waals surface area contributed by atoms with Crippen LogP contribution in [0.1, 0.15) is 27.7 Å². The molecule has 0 radical (unpaired) electrons. The van der Waals surface area contributed by atoms with E-state index >= 15 is 0 Å². The molecular formula is C10H14O. The summed E-state index contributed by atoms with van der Waals surface area (Å²) < 4.78 is 0. The summed E-state index contributed by atoms with van der Waals surface area (Å²) in [5, 5.41) is 0. The maximum atomic E-state index is 10.6. The summed E-state index contributed by atoms with van der Waals surface area (Å²) >= 11 is 0. The predicted octanol–water partition coefficient (Wildman–Crippen LogP) is 2.49. The molecular weight excluding hydrogens is 136 g/mol. The molecule has 0 saturated carbocycles. The zero-order chi connectivity index (χ0) is 8.65. The highest BCUT2D eigenvalue weighted by Crippen LogP contribution is 2.40. The van der Waals surface area contributed by atoms with E-state index in [1.807, 2.05) is 13.0 Å².